The smallest absolute Gasteiger partial charge is 0.345 e. The molecule has 0 aromatic heterocycles. The van der Waals surface area contributed by atoms with Crippen LogP contribution in [0.3, 0.4) is 0 Å². The molecule has 1 unspecified atom stereocenters. The highest BCUT2D eigenvalue weighted by atomic mass is 35.5. The lowest BCUT2D eigenvalue weighted by Gasteiger charge is -2.14. The first-order valence-electron chi connectivity index (χ1n) is 12.1. The molecule has 0 heterocycles. The fourth-order valence-electron chi connectivity index (χ4n) is 4.06. The van der Waals surface area contributed by atoms with Gasteiger partial charge in [0.2, 0.25) is 0 Å². The molecule has 194 valence electrons. The molecule has 0 aliphatic heterocycles. The lowest BCUT2D eigenvalue weighted by Crippen LogP contribution is -2.33. The van der Waals surface area contributed by atoms with Crippen LogP contribution in [-0.4, -0.2) is 24.2 Å². The minimum atomic E-state index is -0.805. The highest BCUT2D eigenvalue weighted by Crippen LogP contribution is 2.29. The molecule has 0 saturated heterocycles. The van der Waals surface area contributed by atoms with Crippen molar-refractivity contribution in [1.29, 1.82) is 0 Å². The van der Waals surface area contributed by atoms with Gasteiger partial charge in [-0.1, -0.05) is 83.9 Å². The zero-order valence-corrected chi connectivity index (χ0v) is 22.2. The van der Waals surface area contributed by atoms with Crippen molar-refractivity contribution in [3.05, 3.63) is 118 Å². The summed E-state index contributed by atoms with van der Waals surface area (Å²) >= 11 is 12.1. The Kier molecular flexibility index (Phi) is 7.77. The van der Waals surface area contributed by atoms with E-state index in [1.165, 1.54) is 18.3 Å². The average Bonchev–Trinajstić information content (AvgIpc) is 2.93. The van der Waals surface area contributed by atoms with E-state index < -0.39 is 18.0 Å². The third kappa shape index (κ3) is 6.03. The lowest BCUT2D eigenvalue weighted by atomic mass is 10.0. The van der Waals surface area contributed by atoms with Gasteiger partial charge in [-0.15, -0.1) is 0 Å². The van der Waals surface area contributed by atoms with E-state index in [1.807, 2.05) is 72.8 Å². The van der Waals surface area contributed by atoms with Gasteiger partial charge < -0.3 is 9.47 Å². The van der Waals surface area contributed by atoms with Crippen molar-refractivity contribution in [2.75, 3.05) is 0 Å². The average molecular weight is 557 g/mol. The Balaban J connectivity index is 1.34. The molecule has 0 bridgehead atoms. The summed E-state index contributed by atoms with van der Waals surface area (Å²) in [6.07, 6.45) is 0.634. The zero-order chi connectivity index (χ0) is 27.4. The minimum Gasteiger partial charge on any atom is -0.481 e. The molecule has 1 atom stereocenters. The van der Waals surface area contributed by atoms with Gasteiger partial charge in [0.1, 0.15) is 11.5 Å². The highest BCUT2D eigenvalue weighted by Gasteiger charge is 2.17. The fourth-order valence-corrected chi connectivity index (χ4v) is 4.54. The summed E-state index contributed by atoms with van der Waals surface area (Å²) in [5, 5.41) is 8.50. The minimum absolute atomic E-state index is 0.171. The standard InChI is InChI=1S/C31H22Cl2N2O4/c1-19(38-24-13-10-20-6-2-3-8-22(20)16-24)30(36)35-34-18-27-25-9-5-4-7-21(25)11-15-29(27)39-31(37)26-14-12-23(32)17-28(26)33/h2-19H,1H3,(H,35,36)/b34-18+. The molecule has 5 rings (SSSR count). The van der Waals surface area contributed by atoms with Crippen LogP contribution in [0.4, 0.5) is 0 Å². The molecule has 0 spiro atoms. The number of carbonyl (C=O) groups is 2. The number of esters is 1. The van der Waals surface area contributed by atoms with E-state index in [-0.39, 0.29) is 16.3 Å². The molecule has 1 amide bonds. The molecule has 0 saturated carbocycles. The summed E-state index contributed by atoms with van der Waals surface area (Å²) in [4.78, 5) is 25.6. The SMILES string of the molecule is CC(Oc1ccc2ccccc2c1)C(=O)N/N=C/c1c(OC(=O)c2ccc(Cl)cc2Cl)ccc2ccccc12. The quantitative estimate of drug-likeness (QED) is 0.0977. The number of amides is 1. The lowest BCUT2D eigenvalue weighted by molar-refractivity contribution is -0.127. The number of hydrogen-bond acceptors (Lipinski definition) is 5. The molecule has 1 N–H and O–H groups in total. The van der Waals surface area contributed by atoms with Crippen LogP contribution in [0.1, 0.15) is 22.8 Å². The number of nitrogens with one attached hydrogen (secondary N) is 1. The van der Waals surface area contributed by atoms with Gasteiger partial charge in [0.25, 0.3) is 5.91 Å². The first-order valence-corrected chi connectivity index (χ1v) is 12.8. The highest BCUT2D eigenvalue weighted by molar-refractivity contribution is 6.36. The topological polar surface area (TPSA) is 77.0 Å². The number of hydrogen-bond donors (Lipinski definition) is 1. The van der Waals surface area contributed by atoms with E-state index in [0.717, 1.165) is 21.5 Å². The van der Waals surface area contributed by atoms with Crippen LogP contribution in [0.2, 0.25) is 10.0 Å². The Morgan fingerprint density at radius 2 is 1.56 bits per heavy atom. The number of nitrogens with zero attached hydrogens (tertiary/aromatic N) is 1. The summed E-state index contributed by atoms with van der Waals surface area (Å²) < 4.78 is 11.5. The van der Waals surface area contributed by atoms with Gasteiger partial charge >= 0.3 is 5.97 Å². The Labute approximate surface area is 234 Å². The number of fused-ring (bicyclic) bond motifs is 2. The van der Waals surface area contributed by atoms with Crippen LogP contribution >= 0.6 is 23.2 Å². The van der Waals surface area contributed by atoms with Crippen molar-refractivity contribution in [2.45, 2.75) is 13.0 Å². The van der Waals surface area contributed by atoms with Crippen molar-refractivity contribution in [2.24, 2.45) is 5.10 Å². The molecule has 6 nitrogen and oxygen atoms in total. The molecule has 0 fully saturated rings. The van der Waals surface area contributed by atoms with Gasteiger partial charge in [-0.25, -0.2) is 10.2 Å². The summed E-state index contributed by atoms with van der Waals surface area (Å²) in [6, 6.07) is 29.1. The van der Waals surface area contributed by atoms with Gasteiger partial charge in [-0.05, 0) is 64.9 Å². The Bertz CT molecular complexity index is 1740. The fraction of sp³-hybridized carbons (Fsp3) is 0.0645. The van der Waals surface area contributed by atoms with E-state index in [1.54, 1.807) is 19.1 Å². The second-order valence-electron chi connectivity index (χ2n) is 8.72. The Hall–Kier alpha value is -4.39. The van der Waals surface area contributed by atoms with Crippen molar-refractivity contribution in [1.82, 2.24) is 5.43 Å². The van der Waals surface area contributed by atoms with Gasteiger partial charge in [0, 0.05) is 10.6 Å². The molecule has 0 aliphatic rings. The normalized spacial score (nSPS) is 12.0. The maximum atomic E-state index is 12.9. The van der Waals surface area contributed by atoms with Gasteiger partial charge in [-0.2, -0.15) is 5.10 Å². The van der Waals surface area contributed by atoms with Gasteiger partial charge in [0.05, 0.1) is 16.8 Å². The van der Waals surface area contributed by atoms with Crippen molar-refractivity contribution < 1.29 is 19.1 Å². The van der Waals surface area contributed by atoms with Crippen LogP contribution in [0.5, 0.6) is 11.5 Å². The molecule has 5 aromatic rings. The number of carbonyl (C=O) groups excluding carboxylic acids is 2. The maximum absolute atomic E-state index is 12.9. The van der Waals surface area contributed by atoms with Gasteiger partial charge in [0.15, 0.2) is 6.10 Å². The molecule has 0 aliphatic carbocycles. The van der Waals surface area contributed by atoms with E-state index in [0.29, 0.717) is 16.3 Å². The largest absolute Gasteiger partial charge is 0.481 e. The van der Waals surface area contributed by atoms with E-state index in [9.17, 15) is 9.59 Å². The third-order valence-electron chi connectivity index (χ3n) is 6.06. The molecule has 39 heavy (non-hydrogen) atoms. The number of rotatable bonds is 7. The zero-order valence-electron chi connectivity index (χ0n) is 20.7. The molecule has 8 heteroatoms. The molecular weight excluding hydrogens is 535 g/mol. The molecule has 5 aromatic carbocycles. The van der Waals surface area contributed by atoms with Gasteiger partial charge in [-0.3, -0.25) is 4.79 Å². The van der Waals surface area contributed by atoms with E-state index >= 15 is 0 Å². The second kappa shape index (κ2) is 11.6. The Morgan fingerprint density at radius 3 is 2.36 bits per heavy atom. The number of ether oxygens (including phenoxy) is 2. The van der Waals surface area contributed by atoms with Crippen molar-refractivity contribution >= 4 is 62.8 Å². The van der Waals surface area contributed by atoms with Crippen LogP contribution in [-0.2, 0) is 4.79 Å². The van der Waals surface area contributed by atoms with E-state index in [2.05, 4.69) is 10.5 Å². The van der Waals surface area contributed by atoms with Crippen LogP contribution in [0.15, 0.2) is 102 Å². The number of hydrazone groups is 1. The maximum Gasteiger partial charge on any atom is 0.345 e. The predicted octanol–water partition coefficient (Wildman–Crippen LogP) is 7.44. The molecular formula is C31H22Cl2N2O4. The first-order chi connectivity index (χ1) is 18.9. The first kappa shape index (κ1) is 26.2. The molecule has 0 radical (unpaired) electrons. The summed E-state index contributed by atoms with van der Waals surface area (Å²) in [5.74, 6) is -0.262. The van der Waals surface area contributed by atoms with E-state index in [4.69, 9.17) is 32.7 Å². The summed E-state index contributed by atoms with van der Waals surface area (Å²) in [6.45, 7) is 1.64. The van der Waals surface area contributed by atoms with Crippen LogP contribution in [0, 0.1) is 0 Å². The van der Waals surface area contributed by atoms with Crippen molar-refractivity contribution in [3.63, 3.8) is 0 Å². The third-order valence-corrected chi connectivity index (χ3v) is 6.60. The number of halogens is 2. The number of benzene rings is 5. The second-order valence-corrected chi connectivity index (χ2v) is 9.56. The van der Waals surface area contributed by atoms with Crippen LogP contribution in [0.25, 0.3) is 21.5 Å². The summed E-state index contributed by atoms with van der Waals surface area (Å²) in [5.41, 5.74) is 3.19. The summed E-state index contributed by atoms with van der Waals surface area (Å²) in [7, 11) is 0. The monoisotopic (exact) mass is 556 g/mol. The van der Waals surface area contributed by atoms with Crippen molar-refractivity contribution in [3.8, 4) is 11.5 Å². The van der Waals surface area contributed by atoms with Crippen LogP contribution < -0.4 is 14.9 Å². The Morgan fingerprint density at radius 1 is 0.846 bits per heavy atom. The predicted molar refractivity (Wildman–Crippen MR) is 155 cm³/mol.